The minimum atomic E-state index is -0.311. The smallest absolute Gasteiger partial charge is 0.264 e. The summed E-state index contributed by atoms with van der Waals surface area (Å²) in [5.41, 5.74) is 1.16. The van der Waals surface area contributed by atoms with Gasteiger partial charge in [-0.2, -0.15) is 0 Å². The summed E-state index contributed by atoms with van der Waals surface area (Å²) in [5.74, 6) is 1.06. The average Bonchev–Trinajstić information content (AvgIpc) is 2.93. The Morgan fingerprint density at radius 3 is 2.70 bits per heavy atom. The summed E-state index contributed by atoms with van der Waals surface area (Å²) in [4.78, 5) is 14.8. The highest BCUT2D eigenvalue weighted by Crippen LogP contribution is 2.30. The topological polar surface area (TPSA) is 29.5 Å². The van der Waals surface area contributed by atoms with Crippen LogP contribution in [0.25, 0.3) is 0 Å². The molecular weight excluding hydrogens is 250 g/mol. The van der Waals surface area contributed by atoms with Crippen LogP contribution in [0.4, 0.5) is 0 Å². The standard InChI is InChI=1S/C17H23NO2/c1-2-18(14-9-4-3-5-10-14)17(19)16-12-13-8-6-7-11-15(13)20-16/h6-8,11,14,16H,2-5,9-10,12H2,1H3. The van der Waals surface area contributed by atoms with E-state index in [1.54, 1.807) is 0 Å². The number of para-hydroxylation sites is 1. The van der Waals surface area contributed by atoms with Gasteiger partial charge in [0.25, 0.3) is 5.91 Å². The lowest BCUT2D eigenvalue weighted by atomic mass is 9.93. The van der Waals surface area contributed by atoms with Crippen molar-refractivity contribution in [3.05, 3.63) is 29.8 Å². The number of nitrogens with zero attached hydrogens (tertiary/aromatic N) is 1. The summed E-state index contributed by atoms with van der Waals surface area (Å²) in [5, 5.41) is 0. The van der Waals surface area contributed by atoms with Crippen molar-refractivity contribution in [2.75, 3.05) is 6.54 Å². The third-order valence-corrected chi connectivity index (χ3v) is 4.56. The van der Waals surface area contributed by atoms with Crippen LogP contribution in [0, 0.1) is 0 Å². The van der Waals surface area contributed by atoms with Crippen LogP contribution in [0.2, 0.25) is 0 Å². The van der Waals surface area contributed by atoms with Crippen LogP contribution in [-0.2, 0) is 11.2 Å². The Kier molecular flexibility index (Phi) is 3.95. The molecule has 2 aliphatic rings. The Morgan fingerprint density at radius 2 is 2.00 bits per heavy atom. The highest BCUT2D eigenvalue weighted by Gasteiger charge is 2.34. The predicted molar refractivity (Wildman–Crippen MR) is 78.8 cm³/mol. The predicted octanol–water partition coefficient (Wildman–Crippen LogP) is 3.17. The van der Waals surface area contributed by atoms with Crippen LogP contribution in [0.15, 0.2) is 24.3 Å². The summed E-state index contributed by atoms with van der Waals surface area (Å²) in [6, 6.07) is 8.41. The maximum Gasteiger partial charge on any atom is 0.264 e. The molecule has 0 radical (unpaired) electrons. The van der Waals surface area contributed by atoms with Gasteiger partial charge in [0.2, 0.25) is 0 Å². The zero-order valence-corrected chi connectivity index (χ0v) is 12.2. The van der Waals surface area contributed by atoms with Crippen LogP contribution < -0.4 is 4.74 Å². The molecule has 1 saturated carbocycles. The largest absolute Gasteiger partial charge is 0.480 e. The van der Waals surface area contributed by atoms with Crippen molar-refractivity contribution in [2.24, 2.45) is 0 Å². The Labute approximate surface area is 120 Å². The fourth-order valence-corrected chi connectivity index (χ4v) is 3.49. The molecule has 1 aromatic carbocycles. The fourth-order valence-electron chi connectivity index (χ4n) is 3.49. The molecule has 1 unspecified atom stereocenters. The van der Waals surface area contributed by atoms with Gasteiger partial charge in [0.15, 0.2) is 6.10 Å². The van der Waals surface area contributed by atoms with Gasteiger partial charge in [-0.1, -0.05) is 37.5 Å². The van der Waals surface area contributed by atoms with Gasteiger partial charge < -0.3 is 9.64 Å². The van der Waals surface area contributed by atoms with Crippen molar-refractivity contribution in [3.63, 3.8) is 0 Å². The lowest BCUT2D eigenvalue weighted by molar-refractivity contribution is -0.140. The van der Waals surface area contributed by atoms with Gasteiger partial charge in [0, 0.05) is 19.0 Å². The molecule has 108 valence electrons. The van der Waals surface area contributed by atoms with E-state index >= 15 is 0 Å². The zero-order chi connectivity index (χ0) is 13.9. The Hall–Kier alpha value is -1.51. The first kappa shape index (κ1) is 13.5. The lowest BCUT2D eigenvalue weighted by Crippen LogP contribution is -2.47. The Bertz CT molecular complexity index is 455. The third-order valence-electron chi connectivity index (χ3n) is 4.56. The summed E-state index contributed by atoms with van der Waals surface area (Å²) in [7, 11) is 0. The van der Waals surface area contributed by atoms with Gasteiger partial charge in [-0.05, 0) is 31.4 Å². The molecule has 1 fully saturated rings. The van der Waals surface area contributed by atoms with Gasteiger partial charge in [0.05, 0.1) is 0 Å². The summed E-state index contributed by atoms with van der Waals surface area (Å²) < 4.78 is 5.85. The Balaban J connectivity index is 1.69. The fraction of sp³-hybridized carbons (Fsp3) is 0.588. The molecule has 1 aliphatic carbocycles. The maximum atomic E-state index is 12.7. The summed E-state index contributed by atoms with van der Waals surface area (Å²) >= 11 is 0. The van der Waals surface area contributed by atoms with E-state index in [1.807, 2.05) is 18.2 Å². The quantitative estimate of drug-likeness (QED) is 0.846. The van der Waals surface area contributed by atoms with Crippen LogP contribution in [0.3, 0.4) is 0 Å². The second kappa shape index (κ2) is 5.86. The number of ether oxygens (including phenoxy) is 1. The number of fused-ring (bicyclic) bond motifs is 1. The molecule has 3 rings (SSSR count). The number of likely N-dealkylation sites (N-methyl/N-ethyl adjacent to an activating group) is 1. The number of amides is 1. The van der Waals surface area contributed by atoms with E-state index in [1.165, 1.54) is 19.3 Å². The van der Waals surface area contributed by atoms with E-state index in [0.717, 1.165) is 37.1 Å². The number of hydrogen-bond donors (Lipinski definition) is 0. The molecule has 0 aromatic heterocycles. The molecule has 3 heteroatoms. The number of carbonyl (C=O) groups is 1. The van der Waals surface area contributed by atoms with Crippen LogP contribution in [-0.4, -0.2) is 29.5 Å². The zero-order valence-electron chi connectivity index (χ0n) is 12.2. The monoisotopic (exact) mass is 273 g/mol. The molecule has 1 aromatic rings. The summed E-state index contributed by atoms with van der Waals surface area (Å²) in [6.45, 7) is 2.87. The van der Waals surface area contributed by atoms with E-state index in [9.17, 15) is 4.79 Å². The van der Waals surface area contributed by atoms with E-state index in [4.69, 9.17) is 4.74 Å². The van der Waals surface area contributed by atoms with Crippen LogP contribution in [0.1, 0.15) is 44.6 Å². The maximum absolute atomic E-state index is 12.7. The van der Waals surface area contributed by atoms with Crippen LogP contribution >= 0.6 is 0 Å². The normalized spacial score (nSPS) is 22.1. The molecule has 0 bridgehead atoms. The molecule has 1 heterocycles. The SMILES string of the molecule is CCN(C(=O)C1Cc2ccccc2O1)C1CCCCC1. The number of benzene rings is 1. The average molecular weight is 273 g/mol. The first-order chi connectivity index (χ1) is 9.79. The Morgan fingerprint density at radius 1 is 1.25 bits per heavy atom. The third kappa shape index (κ3) is 2.54. The minimum Gasteiger partial charge on any atom is -0.480 e. The molecular formula is C17H23NO2. The summed E-state index contributed by atoms with van der Waals surface area (Å²) in [6.07, 6.45) is 6.53. The van der Waals surface area contributed by atoms with Crippen molar-refractivity contribution in [1.82, 2.24) is 4.90 Å². The number of rotatable bonds is 3. The minimum absolute atomic E-state index is 0.176. The van der Waals surface area contributed by atoms with E-state index in [2.05, 4.69) is 17.9 Å². The van der Waals surface area contributed by atoms with Gasteiger partial charge in [-0.15, -0.1) is 0 Å². The molecule has 1 amide bonds. The first-order valence-electron chi connectivity index (χ1n) is 7.84. The lowest BCUT2D eigenvalue weighted by Gasteiger charge is -2.34. The number of carbonyl (C=O) groups excluding carboxylic acids is 1. The van der Waals surface area contributed by atoms with Gasteiger partial charge >= 0.3 is 0 Å². The van der Waals surface area contributed by atoms with Gasteiger partial charge in [-0.3, -0.25) is 4.79 Å². The molecule has 1 atom stereocenters. The highest BCUT2D eigenvalue weighted by molar-refractivity contribution is 5.83. The number of hydrogen-bond acceptors (Lipinski definition) is 2. The highest BCUT2D eigenvalue weighted by atomic mass is 16.5. The molecule has 0 N–H and O–H groups in total. The second-order valence-electron chi connectivity index (χ2n) is 5.83. The van der Waals surface area contributed by atoms with Crippen molar-refractivity contribution < 1.29 is 9.53 Å². The van der Waals surface area contributed by atoms with Crippen molar-refractivity contribution in [3.8, 4) is 5.75 Å². The van der Waals surface area contributed by atoms with E-state index < -0.39 is 0 Å². The molecule has 0 saturated heterocycles. The van der Waals surface area contributed by atoms with Crippen molar-refractivity contribution >= 4 is 5.91 Å². The van der Waals surface area contributed by atoms with E-state index in [-0.39, 0.29) is 12.0 Å². The first-order valence-corrected chi connectivity index (χ1v) is 7.84. The second-order valence-corrected chi connectivity index (χ2v) is 5.83. The van der Waals surface area contributed by atoms with Gasteiger partial charge in [-0.25, -0.2) is 0 Å². The van der Waals surface area contributed by atoms with Crippen molar-refractivity contribution in [1.29, 1.82) is 0 Å². The molecule has 0 spiro atoms. The molecule has 3 nitrogen and oxygen atoms in total. The molecule has 1 aliphatic heterocycles. The van der Waals surface area contributed by atoms with Gasteiger partial charge in [0.1, 0.15) is 5.75 Å². The van der Waals surface area contributed by atoms with E-state index in [0.29, 0.717) is 6.04 Å². The van der Waals surface area contributed by atoms with Crippen molar-refractivity contribution in [2.45, 2.75) is 57.6 Å². The molecule has 20 heavy (non-hydrogen) atoms. The van der Waals surface area contributed by atoms with Crippen LogP contribution in [0.5, 0.6) is 5.75 Å².